The summed E-state index contributed by atoms with van der Waals surface area (Å²) in [5.74, 6) is 0.556. The van der Waals surface area contributed by atoms with Crippen LogP contribution in [0.3, 0.4) is 0 Å². The van der Waals surface area contributed by atoms with Gasteiger partial charge >= 0.3 is 0 Å². The molecule has 3 aromatic rings. The lowest BCUT2D eigenvalue weighted by Crippen LogP contribution is -2.39. The van der Waals surface area contributed by atoms with E-state index in [1.807, 2.05) is 0 Å². The number of halogens is 1. The Balaban J connectivity index is 1.89. The maximum absolute atomic E-state index is 7.28. The molecule has 30 heavy (non-hydrogen) atoms. The average molecular weight is 508 g/mol. The lowest BCUT2D eigenvalue weighted by atomic mass is 9.78. The van der Waals surface area contributed by atoms with E-state index in [0.717, 1.165) is 0 Å². The van der Waals surface area contributed by atoms with Crippen LogP contribution in [0.4, 0.5) is 0 Å². The standard InChI is InChI=1S/C28H29IO/c29-22-21-27(23-13-5-1-6-14-23)30-28(24-15-7-2-8-16-24,25-17-9-3-10-18-25)26-19-11-4-12-20-26/h2-4,7-12,15-23,27H,1,5-6,13-14H2/b22-21+. The molecule has 1 fully saturated rings. The zero-order valence-corrected chi connectivity index (χ0v) is 19.4. The lowest BCUT2D eigenvalue weighted by Gasteiger charge is -2.41. The van der Waals surface area contributed by atoms with Gasteiger partial charge in [-0.15, -0.1) is 0 Å². The van der Waals surface area contributed by atoms with Crippen molar-refractivity contribution >= 4 is 22.6 Å². The fraction of sp³-hybridized carbons (Fsp3) is 0.286. The quantitative estimate of drug-likeness (QED) is 0.233. The molecule has 4 rings (SSSR count). The Labute approximate surface area is 194 Å². The third kappa shape index (κ3) is 4.55. The molecule has 154 valence electrons. The van der Waals surface area contributed by atoms with E-state index < -0.39 is 5.60 Å². The minimum Gasteiger partial charge on any atom is -0.353 e. The molecule has 0 aliphatic heterocycles. The number of hydrogen-bond acceptors (Lipinski definition) is 1. The third-order valence-electron chi connectivity index (χ3n) is 6.23. The highest BCUT2D eigenvalue weighted by Crippen LogP contribution is 2.43. The number of hydrogen-bond donors (Lipinski definition) is 0. The van der Waals surface area contributed by atoms with Gasteiger partial charge < -0.3 is 4.74 Å². The van der Waals surface area contributed by atoms with Crippen LogP contribution >= 0.6 is 22.6 Å². The van der Waals surface area contributed by atoms with Crippen LogP contribution in [0.5, 0.6) is 0 Å². The predicted molar refractivity (Wildman–Crippen MR) is 134 cm³/mol. The summed E-state index contributed by atoms with van der Waals surface area (Å²) in [5, 5.41) is 0. The average Bonchev–Trinajstić information content (AvgIpc) is 2.84. The van der Waals surface area contributed by atoms with Gasteiger partial charge in [0.25, 0.3) is 0 Å². The van der Waals surface area contributed by atoms with Gasteiger partial charge in [0.1, 0.15) is 5.60 Å². The molecule has 0 radical (unpaired) electrons. The summed E-state index contributed by atoms with van der Waals surface area (Å²) >= 11 is 2.33. The largest absolute Gasteiger partial charge is 0.353 e. The van der Waals surface area contributed by atoms with Gasteiger partial charge in [0.05, 0.1) is 6.10 Å². The molecule has 1 aliphatic rings. The zero-order valence-electron chi connectivity index (χ0n) is 17.3. The normalized spacial score (nSPS) is 16.6. The maximum atomic E-state index is 7.28. The summed E-state index contributed by atoms with van der Waals surface area (Å²) in [6, 6.07) is 32.1. The Morgan fingerprint density at radius 3 is 1.53 bits per heavy atom. The molecule has 0 amide bonds. The van der Waals surface area contributed by atoms with Crippen LogP contribution in [-0.4, -0.2) is 6.10 Å². The van der Waals surface area contributed by atoms with Crippen molar-refractivity contribution in [3.63, 3.8) is 0 Å². The van der Waals surface area contributed by atoms with Crippen LogP contribution in [0.2, 0.25) is 0 Å². The highest BCUT2D eigenvalue weighted by molar-refractivity contribution is 14.1. The van der Waals surface area contributed by atoms with Gasteiger partial charge in [-0.2, -0.15) is 0 Å². The van der Waals surface area contributed by atoms with Crippen molar-refractivity contribution in [1.82, 2.24) is 0 Å². The van der Waals surface area contributed by atoms with Crippen LogP contribution in [-0.2, 0) is 10.3 Å². The smallest absolute Gasteiger partial charge is 0.144 e. The van der Waals surface area contributed by atoms with Gasteiger partial charge in [0.15, 0.2) is 0 Å². The predicted octanol–water partition coefficient (Wildman–Crippen LogP) is 7.89. The maximum Gasteiger partial charge on any atom is 0.144 e. The summed E-state index contributed by atoms with van der Waals surface area (Å²) in [6.45, 7) is 0. The highest BCUT2D eigenvalue weighted by atomic mass is 127. The third-order valence-corrected chi connectivity index (χ3v) is 6.65. The van der Waals surface area contributed by atoms with E-state index in [1.165, 1.54) is 48.8 Å². The van der Waals surface area contributed by atoms with E-state index in [9.17, 15) is 0 Å². The monoisotopic (exact) mass is 508 g/mol. The summed E-state index contributed by atoms with van der Waals surface area (Å²) in [4.78, 5) is 0. The van der Waals surface area contributed by atoms with Crippen molar-refractivity contribution in [1.29, 1.82) is 0 Å². The first-order chi connectivity index (χ1) is 14.8. The van der Waals surface area contributed by atoms with Crippen molar-refractivity contribution in [3.8, 4) is 0 Å². The number of benzene rings is 3. The molecular weight excluding hydrogens is 479 g/mol. The van der Waals surface area contributed by atoms with Crippen molar-refractivity contribution < 1.29 is 4.74 Å². The molecular formula is C28H29IO. The minimum atomic E-state index is -0.651. The summed E-state index contributed by atoms with van der Waals surface area (Å²) in [6.07, 6.45) is 8.75. The van der Waals surface area contributed by atoms with Gasteiger partial charge in [-0.05, 0) is 45.6 Å². The Bertz CT molecular complexity index is 818. The van der Waals surface area contributed by atoms with E-state index in [1.54, 1.807) is 0 Å². The second-order valence-corrected chi connectivity index (χ2v) is 8.80. The molecule has 0 N–H and O–H groups in total. The first-order valence-corrected chi connectivity index (χ1v) is 12.2. The first-order valence-electron chi connectivity index (χ1n) is 11.0. The molecule has 1 saturated carbocycles. The molecule has 0 heterocycles. The molecule has 0 bridgehead atoms. The molecule has 0 aromatic heterocycles. The number of rotatable bonds is 7. The van der Waals surface area contributed by atoms with Gasteiger partial charge in [0.2, 0.25) is 0 Å². The molecule has 0 saturated heterocycles. The SMILES string of the molecule is I/C=C/C(OC(c1ccccc1)(c1ccccc1)c1ccccc1)C1CCCCC1. The van der Waals surface area contributed by atoms with Gasteiger partial charge in [-0.1, -0.05) is 133 Å². The zero-order chi connectivity index (χ0) is 20.7. The minimum absolute atomic E-state index is 0.0721. The van der Waals surface area contributed by atoms with Crippen molar-refractivity contribution in [2.75, 3.05) is 0 Å². The van der Waals surface area contributed by atoms with E-state index in [-0.39, 0.29) is 6.10 Å². The van der Waals surface area contributed by atoms with Gasteiger partial charge in [-0.25, -0.2) is 0 Å². The van der Waals surface area contributed by atoms with Crippen LogP contribution < -0.4 is 0 Å². The fourth-order valence-corrected chi connectivity index (χ4v) is 5.16. The Kier molecular flexibility index (Phi) is 7.40. The summed E-state index contributed by atoms with van der Waals surface area (Å²) in [5.41, 5.74) is 2.86. The molecule has 1 unspecified atom stereocenters. The Hall–Kier alpha value is -1.91. The van der Waals surface area contributed by atoms with E-state index in [4.69, 9.17) is 4.74 Å². The van der Waals surface area contributed by atoms with Crippen LogP contribution in [0.15, 0.2) is 101 Å². The van der Waals surface area contributed by atoms with Crippen LogP contribution in [0.25, 0.3) is 0 Å². The molecule has 1 atom stereocenters. The molecule has 2 heteroatoms. The molecule has 1 aliphatic carbocycles. The molecule has 0 spiro atoms. The van der Waals surface area contributed by atoms with E-state index >= 15 is 0 Å². The topological polar surface area (TPSA) is 9.23 Å². The van der Waals surface area contributed by atoms with Crippen LogP contribution in [0.1, 0.15) is 48.8 Å². The Morgan fingerprint density at radius 2 is 1.13 bits per heavy atom. The second-order valence-electron chi connectivity index (χ2n) is 8.08. The van der Waals surface area contributed by atoms with Crippen molar-refractivity contribution in [2.45, 2.75) is 43.8 Å². The van der Waals surface area contributed by atoms with Gasteiger partial charge in [-0.3, -0.25) is 0 Å². The second kappa shape index (κ2) is 10.4. The lowest BCUT2D eigenvalue weighted by molar-refractivity contribution is -0.0566. The highest BCUT2D eigenvalue weighted by Gasteiger charge is 2.41. The van der Waals surface area contributed by atoms with E-state index in [0.29, 0.717) is 5.92 Å². The first kappa shape index (κ1) is 21.3. The van der Waals surface area contributed by atoms with E-state index in [2.05, 4.69) is 124 Å². The van der Waals surface area contributed by atoms with Crippen molar-refractivity contribution in [2.24, 2.45) is 5.92 Å². The van der Waals surface area contributed by atoms with Crippen molar-refractivity contribution in [3.05, 3.63) is 118 Å². The Morgan fingerprint density at radius 1 is 0.700 bits per heavy atom. The fourth-order valence-electron chi connectivity index (χ4n) is 4.75. The summed E-state index contributed by atoms with van der Waals surface area (Å²) < 4.78 is 9.41. The van der Waals surface area contributed by atoms with Gasteiger partial charge in [0, 0.05) is 0 Å². The molecule has 1 nitrogen and oxygen atoms in total. The van der Waals surface area contributed by atoms with Crippen LogP contribution in [0, 0.1) is 5.92 Å². The molecule has 3 aromatic carbocycles. The summed E-state index contributed by atoms with van der Waals surface area (Å²) in [7, 11) is 0. The number of ether oxygens (including phenoxy) is 1.